The van der Waals surface area contributed by atoms with Gasteiger partial charge in [0.05, 0.1) is 22.2 Å². The molecule has 4 nitrogen and oxygen atoms in total. The molecule has 1 aliphatic carbocycles. The maximum atomic E-state index is 11.1. The fraction of sp³-hybridized carbons (Fsp3) is 0.500. The van der Waals surface area contributed by atoms with Crippen LogP contribution in [0, 0.1) is 11.8 Å². The Kier molecular flexibility index (Phi) is 6.66. The Morgan fingerprint density at radius 3 is 2.67 bits per heavy atom. The molecule has 1 N–H and O–H groups in total. The molecule has 1 aliphatic rings. The number of rotatable bonds is 9. The molecule has 0 atom stereocenters. The van der Waals surface area contributed by atoms with E-state index in [1.165, 1.54) is 17.7 Å². The fourth-order valence-corrected chi connectivity index (χ4v) is 4.59. The van der Waals surface area contributed by atoms with Crippen LogP contribution < -0.4 is 4.90 Å². The molecule has 0 saturated heterocycles. The second-order valence-corrected chi connectivity index (χ2v) is 9.40. The number of anilines is 1. The minimum absolute atomic E-state index is 0.119. The van der Waals surface area contributed by atoms with Crippen LogP contribution >= 0.6 is 34.5 Å². The van der Waals surface area contributed by atoms with E-state index in [4.69, 9.17) is 33.3 Å². The number of carbonyl (C=O) groups is 1. The van der Waals surface area contributed by atoms with Gasteiger partial charge < -0.3 is 10.0 Å². The fourth-order valence-electron chi connectivity index (χ4n) is 2.96. The summed E-state index contributed by atoms with van der Waals surface area (Å²) in [4.78, 5) is 19.3. The molecule has 1 aromatic heterocycles. The van der Waals surface area contributed by atoms with Gasteiger partial charge in [0.1, 0.15) is 0 Å². The van der Waals surface area contributed by atoms with Crippen molar-refractivity contribution in [2.24, 2.45) is 11.8 Å². The van der Waals surface area contributed by atoms with E-state index in [1.54, 1.807) is 17.4 Å². The largest absolute Gasteiger partial charge is 0.481 e. The summed E-state index contributed by atoms with van der Waals surface area (Å²) in [7, 11) is 0. The highest BCUT2D eigenvalue weighted by atomic mass is 35.5. The van der Waals surface area contributed by atoms with Crippen molar-refractivity contribution in [3.8, 4) is 11.3 Å². The molecule has 1 saturated carbocycles. The first-order chi connectivity index (χ1) is 12.8. The van der Waals surface area contributed by atoms with Crippen LogP contribution in [0.15, 0.2) is 18.2 Å². The lowest BCUT2D eigenvalue weighted by molar-refractivity contribution is -0.136. The number of benzene rings is 1. The summed E-state index contributed by atoms with van der Waals surface area (Å²) in [6.07, 6.45) is 3.47. The smallest absolute Gasteiger partial charge is 0.305 e. The van der Waals surface area contributed by atoms with E-state index in [1.807, 2.05) is 12.1 Å². The zero-order chi connectivity index (χ0) is 19.6. The van der Waals surface area contributed by atoms with Gasteiger partial charge in [-0.15, -0.1) is 11.3 Å². The molecule has 0 aliphatic heterocycles. The monoisotopic (exact) mass is 426 g/mol. The van der Waals surface area contributed by atoms with E-state index in [0.717, 1.165) is 29.4 Å². The van der Waals surface area contributed by atoms with Crippen LogP contribution in [-0.4, -0.2) is 29.1 Å². The van der Waals surface area contributed by atoms with Gasteiger partial charge in [-0.2, -0.15) is 0 Å². The molecule has 0 amide bonds. The predicted molar refractivity (Wildman–Crippen MR) is 113 cm³/mol. The minimum atomic E-state index is -0.778. The van der Waals surface area contributed by atoms with Gasteiger partial charge >= 0.3 is 5.97 Å². The van der Waals surface area contributed by atoms with Crippen molar-refractivity contribution in [2.75, 3.05) is 18.0 Å². The van der Waals surface area contributed by atoms with E-state index in [-0.39, 0.29) is 6.42 Å². The second-order valence-electron chi connectivity index (χ2n) is 7.53. The molecule has 2 aromatic rings. The lowest BCUT2D eigenvalue weighted by Gasteiger charge is -2.20. The van der Waals surface area contributed by atoms with E-state index in [0.29, 0.717) is 28.4 Å². The Morgan fingerprint density at radius 2 is 2.07 bits per heavy atom. The molecule has 1 fully saturated rings. The van der Waals surface area contributed by atoms with Gasteiger partial charge in [-0.3, -0.25) is 4.79 Å². The molecular weight excluding hydrogens is 403 g/mol. The van der Waals surface area contributed by atoms with Crippen LogP contribution in [0.2, 0.25) is 10.0 Å². The van der Waals surface area contributed by atoms with Crippen LogP contribution in [0.1, 0.15) is 38.0 Å². The lowest BCUT2D eigenvalue weighted by atomic mass is 10.0. The molecule has 0 unspecified atom stereocenters. The quantitative estimate of drug-likeness (QED) is 0.533. The number of carboxylic acids is 1. The predicted octanol–water partition coefficient (Wildman–Crippen LogP) is 6.01. The second kappa shape index (κ2) is 8.80. The summed E-state index contributed by atoms with van der Waals surface area (Å²) >= 11 is 14.0. The van der Waals surface area contributed by atoms with Crippen molar-refractivity contribution in [1.82, 2.24) is 4.98 Å². The van der Waals surface area contributed by atoms with Crippen molar-refractivity contribution < 1.29 is 9.90 Å². The first kappa shape index (κ1) is 20.4. The third-order valence-corrected chi connectivity index (χ3v) is 6.39. The Hall–Kier alpha value is -1.30. The summed E-state index contributed by atoms with van der Waals surface area (Å²) in [6.45, 7) is 5.73. The van der Waals surface area contributed by atoms with Crippen molar-refractivity contribution in [1.29, 1.82) is 0 Å². The number of thiazole rings is 1. The van der Waals surface area contributed by atoms with Gasteiger partial charge in [-0.1, -0.05) is 43.1 Å². The van der Waals surface area contributed by atoms with Gasteiger partial charge in [-0.25, -0.2) is 4.98 Å². The Bertz CT molecular complexity index is 818. The van der Waals surface area contributed by atoms with E-state index in [9.17, 15) is 4.79 Å². The molecule has 1 heterocycles. The molecule has 1 aromatic carbocycles. The molecule has 3 rings (SSSR count). The van der Waals surface area contributed by atoms with Crippen LogP contribution in [-0.2, 0) is 11.2 Å². The Labute approximate surface area is 174 Å². The number of hydrogen-bond acceptors (Lipinski definition) is 4. The number of halogens is 2. The van der Waals surface area contributed by atoms with Crippen molar-refractivity contribution in [2.45, 2.75) is 39.5 Å². The molecule has 7 heteroatoms. The van der Waals surface area contributed by atoms with Gasteiger partial charge in [0, 0.05) is 23.5 Å². The summed E-state index contributed by atoms with van der Waals surface area (Å²) < 4.78 is 0. The van der Waals surface area contributed by atoms with Crippen molar-refractivity contribution in [3.63, 3.8) is 0 Å². The number of hydrogen-bond donors (Lipinski definition) is 1. The van der Waals surface area contributed by atoms with E-state index in [2.05, 4.69) is 18.7 Å². The highest BCUT2D eigenvalue weighted by molar-refractivity contribution is 7.16. The van der Waals surface area contributed by atoms with Gasteiger partial charge in [-0.05, 0) is 43.2 Å². The number of carboxylic acid groups (broad SMARTS) is 1. The van der Waals surface area contributed by atoms with E-state index < -0.39 is 5.97 Å². The Balaban J connectivity index is 1.95. The summed E-state index contributed by atoms with van der Waals surface area (Å²) in [5.41, 5.74) is 1.88. The standard InChI is InChI=1S/C20H24Cl2N2O2S/c1-12(2)9-17-19(14-5-6-15(21)16(22)10-14)23-20(27-17)24(8-7-18(25)26)11-13-3-4-13/h5-6,10,12-13H,3-4,7-9,11H2,1-2H3,(H,25,26). The lowest BCUT2D eigenvalue weighted by Crippen LogP contribution is -2.28. The molecule has 0 bridgehead atoms. The number of aromatic nitrogens is 1. The van der Waals surface area contributed by atoms with Crippen molar-refractivity contribution >= 4 is 45.6 Å². The van der Waals surface area contributed by atoms with Crippen LogP contribution in [0.25, 0.3) is 11.3 Å². The maximum absolute atomic E-state index is 11.1. The van der Waals surface area contributed by atoms with Gasteiger partial charge in [0.25, 0.3) is 0 Å². The average molecular weight is 427 g/mol. The summed E-state index contributed by atoms with van der Waals surface area (Å²) in [6, 6.07) is 5.60. The Morgan fingerprint density at radius 1 is 1.33 bits per heavy atom. The molecule has 27 heavy (non-hydrogen) atoms. The average Bonchev–Trinajstić information content (AvgIpc) is 3.32. The number of nitrogens with zero attached hydrogens (tertiary/aromatic N) is 2. The maximum Gasteiger partial charge on any atom is 0.305 e. The highest BCUT2D eigenvalue weighted by Gasteiger charge is 2.27. The first-order valence-electron chi connectivity index (χ1n) is 9.25. The molecule has 0 spiro atoms. The SMILES string of the molecule is CC(C)Cc1sc(N(CCC(=O)O)CC2CC2)nc1-c1ccc(Cl)c(Cl)c1. The molecule has 146 valence electrons. The minimum Gasteiger partial charge on any atom is -0.481 e. The third kappa shape index (κ3) is 5.59. The third-order valence-electron chi connectivity index (χ3n) is 4.51. The molecule has 0 radical (unpaired) electrons. The zero-order valence-electron chi connectivity index (χ0n) is 15.5. The summed E-state index contributed by atoms with van der Waals surface area (Å²) in [5, 5.41) is 11.0. The van der Waals surface area contributed by atoms with Crippen LogP contribution in [0.4, 0.5) is 5.13 Å². The zero-order valence-corrected chi connectivity index (χ0v) is 17.9. The van der Waals surface area contributed by atoms with Crippen LogP contribution in [0.5, 0.6) is 0 Å². The number of aliphatic carboxylic acids is 1. The summed E-state index contributed by atoms with van der Waals surface area (Å²) in [5.74, 6) is 0.375. The molecular formula is C20H24Cl2N2O2S. The van der Waals surface area contributed by atoms with Crippen LogP contribution in [0.3, 0.4) is 0 Å². The van der Waals surface area contributed by atoms with E-state index >= 15 is 0 Å². The van der Waals surface area contributed by atoms with Gasteiger partial charge in [0.15, 0.2) is 5.13 Å². The van der Waals surface area contributed by atoms with Gasteiger partial charge in [0.2, 0.25) is 0 Å². The van der Waals surface area contributed by atoms with Crippen molar-refractivity contribution in [3.05, 3.63) is 33.1 Å². The normalized spacial score (nSPS) is 14.0. The first-order valence-corrected chi connectivity index (χ1v) is 10.8. The highest BCUT2D eigenvalue weighted by Crippen LogP contribution is 2.39. The topological polar surface area (TPSA) is 53.4 Å².